The highest BCUT2D eigenvalue weighted by Gasteiger charge is 2.44. The molecule has 4 nitrogen and oxygen atoms in total. The smallest absolute Gasteiger partial charge is 0.333 e. The van der Waals surface area contributed by atoms with E-state index in [0.717, 1.165) is 25.7 Å². The number of carbonyl (C=O) groups is 2. The van der Waals surface area contributed by atoms with Crippen molar-refractivity contribution in [2.45, 2.75) is 143 Å². The minimum absolute atomic E-state index is 0.0814. The molecular formula is C36H60O4. The standard InChI is InChI=1S/C22H40O2.C14H20O2/c1-4-5-6-7-8-9-10-11-12-13-14-15-16-17-18-19-20-24-22(23)21(2)3;1-4-10-8-13(16-14(15)9(2)3)12-7-5-6-11(10)12/h11-12H,2,4-10,13-20H2,1,3H3;5,7,10-13H,2,4,6,8H2,1,3H3/b12-11-;. The number of hydrogen-bond acceptors (Lipinski definition) is 4. The SMILES string of the molecule is C=C(C)C(=O)OC1CC(CC)C2CC=CC12.C=C(C)C(=O)OCCCCCCCC/C=C\CCCCCCCC. The first kappa shape index (κ1) is 35.9. The quantitative estimate of drug-likeness (QED) is 0.0648. The Morgan fingerprint density at radius 3 is 1.90 bits per heavy atom. The van der Waals surface area contributed by atoms with Crippen LogP contribution in [0.3, 0.4) is 0 Å². The van der Waals surface area contributed by atoms with Crippen molar-refractivity contribution in [2.24, 2.45) is 17.8 Å². The summed E-state index contributed by atoms with van der Waals surface area (Å²) in [5.74, 6) is 1.37. The monoisotopic (exact) mass is 556 g/mol. The lowest BCUT2D eigenvalue weighted by Crippen LogP contribution is -2.22. The largest absolute Gasteiger partial charge is 0.462 e. The van der Waals surface area contributed by atoms with Crippen LogP contribution >= 0.6 is 0 Å². The molecule has 1 saturated carbocycles. The predicted molar refractivity (Wildman–Crippen MR) is 169 cm³/mol. The maximum absolute atomic E-state index is 11.5. The Labute approximate surface area is 246 Å². The van der Waals surface area contributed by atoms with Crippen molar-refractivity contribution in [3.8, 4) is 0 Å². The van der Waals surface area contributed by atoms with E-state index in [0.29, 0.717) is 35.5 Å². The first-order chi connectivity index (χ1) is 19.3. The van der Waals surface area contributed by atoms with E-state index in [-0.39, 0.29) is 18.0 Å². The van der Waals surface area contributed by atoms with E-state index < -0.39 is 0 Å². The Hall–Kier alpha value is -2.10. The summed E-state index contributed by atoms with van der Waals surface area (Å²) < 4.78 is 10.6. The van der Waals surface area contributed by atoms with Gasteiger partial charge in [-0.2, -0.15) is 0 Å². The average Bonchev–Trinajstić information content (AvgIpc) is 3.54. The van der Waals surface area contributed by atoms with Crippen molar-refractivity contribution in [1.82, 2.24) is 0 Å². The van der Waals surface area contributed by atoms with Gasteiger partial charge in [0.05, 0.1) is 6.61 Å². The fourth-order valence-corrected chi connectivity index (χ4v) is 5.70. The molecule has 2 aliphatic carbocycles. The summed E-state index contributed by atoms with van der Waals surface area (Å²) in [6.07, 6.45) is 30.7. The summed E-state index contributed by atoms with van der Waals surface area (Å²) in [5, 5.41) is 0. The molecule has 0 radical (unpaired) electrons. The molecule has 2 rings (SSSR count). The minimum Gasteiger partial charge on any atom is -0.462 e. The highest BCUT2D eigenvalue weighted by molar-refractivity contribution is 5.87. The Kier molecular flexibility index (Phi) is 20.3. The fraction of sp³-hybridized carbons (Fsp3) is 0.722. The molecule has 0 saturated heterocycles. The topological polar surface area (TPSA) is 52.6 Å². The first-order valence-corrected chi connectivity index (χ1v) is 16.3. The number of fused-ring (bicyclic) bond motifs is 1. The van der Waals surface area contributed by atoms with Gasteiger partial charge in [-0.1, -0.05) is 116 Å². The van der Waals surface area contributed by atoms with Gasteiger partial charge >= 0.3 is 11.9 Å². The van der Waals surface area contributed by atoms with Gasteiger partial charge in [0.2, 0.25) is 0 Å². The lowest BCUT2D eigenvalue weighted by atomic mass is 9.89. The second-order valence-electron chi connectivity index (χ2n) is 11.9. The molecule has 1 fully saturated rings. The van der Waals surface area contributed by atoms with E-state index in [1.807, 2.05) is 0 Å². The van der Waals surface area contributed by atoms with E-state index in [9.17, 15) is 9.59 Å². The molecule has 0 heterocycles. The molecule has 0 spiro atoms. The van der Waals surface area contributed by atoms with Crippen LogP contribution < -0.4 is 0 Å². The highest BCUT2D eigenvalue weighted by atomic mass is 16.5. The van der Waals surface area contributed by atoms with Gasteiger partial charge < -0.3 is 9.47 Å². The van der Waals surface area contributed by atoms with Crippen molar-refractivity contribution in [2.75, 3.05) is 6.61 Å². The molecule has 0 aromatic carbocycles. The van der Waals surface area contributed by atoms with E-state index in [1.165, 1.54) is 83.5 Å². The first-order valence-electron chi connectivity index (χ1n) is 16.3. The Bertz CT molecular complexity index is 793. The molecule has 0 aromatic rings. The van der Waals surface area contributed by atoms with Crippen molar-refractivity contribution in [1.29, 1.82) is 0 Å². The zero-order valence-electron chi connectivity index (χ0n) is 26.4. The number of allylic oxidation sites excluding steroid dienone is 3. The van der Waals surface area contributed by atoms with Gasteiger partial charge in [-0.05, 0) is 70.6 Å². The van der Waals surface area contributed by atoms with Crippen LogP contribution in [0, 0.1) is 17.8 Å². The van der Waals surface area contributed by atoms with Gasteiger partial charge in [-0.25, -0.2) is 9.59 Å². The summed E-state index contributed by atoms with van der Waals surface area (Å²) >= 11 is 0. The molecule has 40 heavy (non-hydrogen) atoms. The number of hydrogen-bond donors (Lipinski definition) is 0. The number of carbonyl (C=O) groups excluding carboxylic acids is 2. The lowest BCUT2D eigenvalue weighted by molar-refractivity contribution is -0.145. The maximum atomic E-state index is 11.5. The van der Waals surface area contributed by atoms with Crippen molar-refractivity contribution in [3.63, 3.8) is 0 Å². The zero-order valence-corrected chi connectivity index (χ0v) is 26.4. The molecule has 0 amide bonds. The third kappa shape index (κ3) is 15.6. The highest BCUT2D eigenvalue weighted by Crippen LogP contribution is 2.46. The second kappa shape index (κ2) is 22.6. The molecule has 0 N–H and O–H groups in total. The molecule has 4 unspecified atom stereocenters. The maximum Gasteiger partial charge on any atom is 0.333 e. The number of unbranched alkanes of at least 4 members (excludes halogenated alkanes) is 12. The minimum atomic E-state index is -0.261. The van der Waals surface area contributed by atoms with Crippen LogP contribution in [0.4, 0.5) is 0 Å². The molecule has 0 aromatic heterocycles. The van der Waals surface area contributed by atoms with Crippen LogP contribution in [0.1, 0.15) is 137 Å². The second-order valence-corrected chi connectivity index (χ2v) is 11.9. The van der Waals surface area contributed by atoms with E-state index >= 15 is 0 Å². The van der Waals surface area contributed by atoms with Crippen molar-refractivity contribution in [3.05, 3.63) is 48.6 Å². The van der Waals surface area contributed by atoms with Gasteiger partial charge in [-0.15, -0.1) is 0 Å². The zero-order chi connectivity index (χ0) is 29.6. The van der Waals surface area contributed by atoms with Gasteiger partial charge in [0.25, 0.3) is 0 Å². The number of esters is 2. The van der Waals surface area contributed by atoms with Crippen LogP contribution in [-0.2, 0) is 19.1 Å². The summed E-state index contributed by atoms with van der Waals surface area (Å²) in [6, 6.07) is 0. The van der Waals surface area contributed by atoms with Gasteiger partial charge in [-0.3, -0.25) is 0 Å². The Morgan fingerprint density at radius 1 is 0.800 bits per heavy atom. The van der Waals surface area contributed by atoms with Crippen LogP contribution in [0.25, 0.3) is 0 Å². The third-order valence-electron chi connectivity index (χ3n) is 8.20. The molecule has 228 valence electrons. The third-order valence-corrected chi connectivity index (χ3v) is 8.20. The van der Waals surface area contributed by atoms with E-state index in [2.05, 4.69) is 51.3 Å². The number of ether oxygens (including phenoxy) is 2. The van der Waals surface area contributed by atoms with Gasteiger partial charge in [0, 0.05) is 17.1 Å². The predicted octanol–water partition coefficient (Wildman–Crippen LogP) is 10.2. The summed E-state index contributed by atoms with van der Waals surface area (Å²) in [6.45, 7) is 15.6. The normalized spacial score (nSPS) is 21.1. The molecule has 0 bridgehead atoms. The van der Waals surface area contributed by atoms with E-state index in [4.69, 9.17) is 9.47 Å². The molecule has 0 aliphatic heterocycles. The van der Waals surface area contributed by atoms with Crippen LogP contribution in [0.15, 0.2) is 48.6 Å². The molecular weight excluding hydrogens is 496 g/mol. The Morgan fingerprint density at radius 2 is 1.35 bits per heavy atom. The molecule has 2 aliphatic rings. The van der Waals surface area contributed by atoms with Crippen LogP contribution in [0.2, 0.25) is 0 Å². The van der Waals surface area contributed by atoms with Crippen molar-refractivity contribution < 1.29 is 19.1 Å². The fourth-order valence-electron chi connectivity index (χ4n) is 5.70. The molecule has 4 heteroatoms. The summed E-state index contributed by atoms with van der Waals surface area (Å²) in [5.41, 5.74) is 0.984. The summed E-state index contributed by atoms with van der Waals surface area (Å²) in [7, 11) is 0. The van der Waals surface area contributed by atoms with Crippen molar-refractivity contribution >= 4 is 11.9 Å². The number of rotatable bonds is 20. The Balaban J connectivity index is 0.000000429. The van der Waals surface area contributed by atoms with Crippen LogP contribution in [-0.4, -0.2) is 24.6 Å². The van der Waals surface area contributed by atoms with Crippen LogP contribution in [0.5, 0.6) is 0 Å². The molecule has 4 atom stereocenters. The summed E-state index contributed by atoms with van der Waals surface area (Å²) in [4.78, 5) is 22.7. The van der Waals surface area contributed by atoms with Gasteiger partial charge in [0.1, 0.15) is 6.10 Å². The lowest BCUT2D eigenvalue weighted by Gasteiger charge is -2.18. The average molecular weight is 557 g/mol. The van der Waals surface area contributed by atoms with E-state index in [1.54, 1.807) is 13.8 Å². The van der Waals surface area contributed by atoms with Gasteiger partial charge in [0.15, 0.2) is 0 Å².